The van der Waals surface area contributed by atoms with Gasteiger partial charge < -0.3 is 46.8 Å². The molecule has 0 bridgehead atoms. The molecule has 1 radical (unpaired) electrons. The second-order valence-electron chi connectivity index (χ2n) is 8.04. The summed E-state index contributed by atoms with van der Waals surface area (Å²) in [6, 6.07) is -3.94. The molecule has 0 aromatic rings. The molecule has 38 heavy (non-hydrogen) atoms. The molecule has 213 valence electrons. The van der Waals surface area contributed by atoms with E-state index in [2.05, 4.69) is 33.9 Å². The van der Waals surface area contributed by atoms with Crippen molar-refractivity contribution < 1.29 is 89.3 Å². The number of hydrogen-bond acceptors (Lipinski definition) is 9. The minimum absolute atomic E-state index is 0. The molecule has 0 aromatic carbocycles. The number of hydrogen-bond donors (Lipinski definition) is 5. The van der Waals surface area contributed by atoms with E-state index >= 15 is 0 Å². The summed E-state index contributed by atoms with van der Waals surface area (Å²) in [4.78, 5) is 82.2. The van der Waals surface area contributed by atoms with E-state index in [9.17, 15) is 33.6 Å². The number of nitrogens with one attached hydrogen (secondary N) is 4. The van der Waals surface area contributed by atoms with E-state index in [-0.39, 0.29) is 75.5 Å². The Kier molecular flexibility index (Phi) is 23.9. The van der Waals surface area contributed by atoms with E-state index in [1.54, 1.807) is 6.29 Å². The molecule has 4 amide bonds. The molecule has 0 aliphatic heterocycles. The predicted molar refractivity (Wildman–Crippen MR) is 133 cm³/mol. The molecule has 15 heteroatoms. The van der Waals surface area contributed by atoms with E-state index < -0.39 is 65.3 Å². The number of carbonyl (C=O) groups is 6. The van der Waals surface area contributed by atoms with Gasteiger partial charge in [-0.2, -0.15) is 19.6 Å². The number of rotatable bonds is 18. The van der Waals surface area contributed by atoms with Gasteiger partial charge in [0, 0.05) is 56.1 Å². The molecule has 0 saturated heterocycles. The zero-order valence-corrected chi connectivity index (χ0v) is 28.3. The number of aldehydes is 1. The van der Waals surface area contributed by atoms with Crippen molar-refractivity contribution in [1.29, 1.82) is 0 Å². The summed E-state index contributed by atoms with van der Waals surface area (Å²) in [5, 5.41) is 8.98. The third-order valence-electron chi connectivity index (χ3n) is 4.77. The number of thiol groups is 1. The van der Waals surface area contributed by atoms with Gasteiger partial charge in [0.05, 0.1) is 23.8 Å². The first-order valence-corrected chi connectivity index (χ1v) is 12.1. The number of unbranched alkanes of at least 4 members (excludes halogenated alkanes) is 1. The van der Waals surface area contributed by atoms with Gasteiger partial charge >= 0.3 is 5.97 Å². The van der Waals surface area contributed by atoms with Crippen LogP contribution in [0.25, 0.3) is 0 Å². The second-order valence-corrected chi connectivity index (χ2v) is 8.81. The van der Waals surface area contributed by atoms with E-state index in [1.807, 2.05) is 0 Å². The van der Waals surface area contributed by atoms with Crippen molar-refractivity contribution in [2.45, 2.75) is 89.2 Å². The Balaban J connectivity index is -0.00000648. The van der Waals surface area contributed by atoms with Gasteiger partial charge in [0.15, 0.2) is 0 Å². The molecular formula is C23H36N4O8SUV-2. The molecular weight excluding hydrogens is 781 g/mol. The first-order chi connectivity index (χ1) is 17.3. The van der Waals surface area contributed by atoms with Crippen LogP contribution in [-0.2, 0) is 56.9 Å². The Hall–Kier alpha value is -1.45. The van der Waals surface area contributed by atoms with Crippen molar-refractivity contribution in [3.63, 3.8) is 0 Å². The molecule has 0 aliphatic rings. The third kappa shape index (κ3) is 18.7. The van der Waals surface area contributed by atoms with Crippen molar-refractivity contribution in [2.24, 2.45) is 0 Å². The zero-order chi connectivity index (χ0) is 28.5. The smallest absolute Gasteiger partial charge is 0.305 e. The number of ether oxygens (including phenoxy) is 1. The quantitative estimate of drug-likeness (QED) is 0.0397. The van der Waals surface area contributed by atoms with Gasteiger partial charge in [0.2, 0.25) is 17.7 Å². The van der Waals surface area contributed by atoms with Crippen molar-refractivity contribution in [3.8, 4) is 0 Å². The fourth-order valence-electron chi connectivity index (χ4n) is 2.74. The monoisotopic (exact) mass is 819 g/mol. The number of carbonyl (C=O) groups excluding carboxylic acids is 7. The average molecular weight is 820 g/mol. The van der Waals surface area contributed by atoms with Crippen LogP contribution >= 0.6 is 12.6 Å². The molecule has 0 spiro atoms. The summed E-state index contributed by atoms with van der Waals surface area (Å²) >= 11 is 4.00. The van der Waals surface area contributed by atoms with E-state index in [1.165, 1.54) is 34.1 Å². The molecule has 0 aromatic heterocycles. The first-order valence-electron chi connectivity index (χ1n) is 12.0. The van der Waals surface area contributed by atoms with E-state index in [0.29, 0.717) is 12.8 Å². The molecule has 12 nitrogen and oxygen atoms in total. The average Bonchev–Trinajstić information content (AvgIpc) is 2.84. The Morgan fingerprint density at radius 2 is 1.55 bits per heavy atom. The van der Waals surface area contributed by atoms with E-state index in [4.69, 9.17) is 6.11 Å². The summed E-state index contributed by atoms with van der Waals surface area (Å²) in [6.07, 6.45) is 2.58. The molecule has 4 N–H and O–H groups in total. The normalized spacial score (nSPS) is 14.2. The van der Waals surface area contributed by atoms with Crippen molar-refractivity contribution in [2.75, 3.05) is 6.61 Å². The summed E-state index contributed by atoms with van der Waals surface area (Å²) in [6.45, 7) is 5.80. The molecule has 5 atom stereocenters. The van der Waals surface area contributed by atoms with Gasteiger partial charge in [-0.3, -0.25) is 19.2 Å². The Morgan fingerprint density at radius 3 is 2.08 bits per heavy atom. The van der Waals surface area contributed by atoms with Crippen LogP contribution in [0, 0.1) is 37.5 Å². The topological polar surface area (TPSA) is 177 Å². The van der Waals surface area contributed by atoms with Gasteiger partial charge in [0.25, 0.3) is 0 Å². The molecule has 0 aliphatic carbocycles. The van der Waals surface area contributed by atoms with Crippen molar-refractivity contribution >= 4 is 54.8 Å². The van der Waals surface area contributed by atoms with Crippen LogP contribution in [0.1, 0.15) is 61.2 Å². The van der Waals surface area contributed by atoms with Crippen LogP contribution in [0.3, 0.4) is 0 Å². The number of amides is 4. The molecule has 0 saturated carbocycles. The van der Waals surface area contributed by atoms with Crippen LogP contribution in [0.15, 0.2) is 0 Å². The third-order valence-corrected chi connectivity index (χ3v) is 5.00. The summed E-state index contributed by atoms with van der Waals surface area (Å²) in [7, 11) is 0. The van der Waals surface area contributed by atoms with Crippen molar-refractivity contribution in [3.05, 3.63) is 6.42 Å². The predicted octanol–water partition coefficient (Wildman–Crippen LogP) is -0.692. The standard InChI is InChI=1S/C23H36N4O8S.U.V/c1-5-19(30)26-17(22(33)24-14(2)12-28)8-6-7-11-35-20(31)10-9-18(27-21(32)16(4)36)23(34)25-15(3)13-29;;/h5,13-18,36H,6-11H2,1-4H3,(H,24,33)(H,25,34)(H,26,30)(H,27,32);;/q-2;;/i13T;;. The van der Waals surface area contributed by atoms with Crippen LogP contribution in [0.2, 0.25) is 0 Å². The Bertz CT molecular complexity index is 840. The van der Waals surface area contributed by atoms with Gasteiger partial charge in [0.1, 0.15) is 19.7 Å². The van der Waals surface area contributed by atoms with Crippen LogP contribution in [-0.4, -0.2) is 78.2 Å². The maximum atomic E-state index is 12.4. The minimum atomic E-state index is -1.14. The maximum absolute atomic E-state index is 12.4. The molecule has 0 heterocycles. The Morgan fingerprint density at radius 1 is 0.974 bits per heavy atom. The van der Waals surface area contributed by atoms with Gasteiger partial charge in [-0.05, 0) is 39.5 Å². The number of esters is 1. The molecule has 0 rings (SSSR count). The van der Waals surface area contributed by atoms with E-state index in [0.717, 1.165) is 0 Å². The summed E-state index contributed by atoms with van der Waals surface area (Å²) in [5.74, 6) is -2.89. The minimum Gasteiger partial charge on any atom is -0.540 e. The fourth-order valence-corrected chi connectivity index (χ4v) is 2.82. The van der Waals surface area contributed by atoms with Gasteiger partial charge in [-0.1, -0.05) is 13.0 Å². The summed E-state index contributed by atoms with van der Waals surface area (Å²) < 4.78 is 12.2. The SMILES string of the molecule is [3H]C(=O)C(C)NC(=O)C(CCC(=O)OCCCCC(NC(=O)[CH-]C)C(=O)NC(C)[C-]=O)NC(=O)C(C)S.[U].[V]. The molecule has 5 unspecified atom stereocenters. The molecule has 0 fully saturated rings. The van der Waals surface area contributed by atoms with Crippen LogP contribution < -0.4 is 21.3 Å². The largest absolute Gasteiger partial charge is 0.540 e. The van der Waals surface area contributed by atoms with Gasteiger partial charge in [-0.25, -0.2) is 6.29 Å². The summed E-state index contributed by atoms with van der Waals surface area (Å²) in [5.41, 5.74) is 0. The second kappa shape index (κ2) is 23.4. The van der Waals surface area contributed by atoms with Gasteiger partial charge in [-0.15, -0.1) is 0 Å². The van der Waals surface area contributed by atoms with Crippen LogP contribution in [0.5, 0.6) is 0 Å². The Labute approximate surface area is 266 Å². The zero-order valence-electron chi connectivity index (χ0n) is 22.9. The fraction of sp³-hybridized carbons (Fsp3) is 0.652. The van der Waals surface area contributed by atoms with Crippen LogP contribution in [0.4, 0.5) is 0 Å². The first kappa shape index (κ1) is 38.7. The maximum Gasteiger partial charge on any atom is 0.305 e. The van der Waals surface area contributed by atoms with Crippen molar-refractivity contribution in [1.82, 2.24) is 21.3 Å².